The Morgan fingerprint density at radius 2 is 1.67 bits per heavy atom. The Labute approximate surface area is 146 Å². The van der Waals surface area contributed by atoms with Gasteiger partial charge in [-0.2, -0.15) is 0 Å². The van der Waals surface area contributed by atoms with Gasteiger partial charge in [-0.25, -0.2) is 0 Å². The Hall–Kier alpha value is -1.28. The van der Waals surface area contributed by atoms with E-state index in [1.165, 1.54) is 44.1 Å². The first kappa shape index (κ1) is 16.2. The summed E-state index contributed by atoms with van der Waals surface area (Å²) in [5.41, 5.74) is 1.73. The summed E-state index contributed by atoms with van der Waals surface area (Å²) in [5, 5.41) is 0. The van der Waals surface area contributed by atoms with E-state index in [0.717, 1.165) is 36.7 Å². The number of allylic oxidation sites excluding steroid dienone is 1. The molecule has 4 bridgehead atoms. The van der Waals surface area contributed by atoms with Gasteiger partial charge in [0, 0.05) is 12.1 Å². The lowest BCUT2D eigenvalue weighted by Crippen LogP contribution is -2.44. The zero-order valence-electron chi connectivity index (χ0n) is 15.2. The number of rotatable bonds is 6. The molecule has 2 nitrogen and oxygen atoms in total. The number of hydrogen-bond donors (Lipinski definition) is 0. The first-order chi connectivity index (χ1) is 11.6. The average Bonchev–Trinajstić information content (AvgIpc) is 2.52. The lowest BCUT2D eigenvalue weighted by Gasteiger charge is -2.55. The zero-order chi connectivity index (χ0) is 16.6. The molecule has 0 spiro atoms. The summed E-state index contributed by atoms with van der Waals surface area (Å²) in [6, 6.07) is 8.50. The van der Waals surface area contributed by atoms with Gasteiger partial charge in [0.15, 0.2) is 0 Å². The van der Waals surface area contributed by atoms with Gasteiger partial charge >= 0.3 is 0 Å². The van der Waals surface area contributed by atoms with Gasteiger partial charge in [0.25, 0.3) is 0 Å². The second-order valence-electron chi connectivity index (χ2n) is 8.80. The van der Waals surface area contributed by atoms with E-state index in [2.05, 4.69) is 55.4 Å². The normalized spacial score (nSPS) is 34.4. The van der Waals surface area contributed by atoms with E-state index in [9.17, 15) is 0 Å². The lowest BCUT2D eigenvalue weighted by molar-refractivity contribution is -0.0232. The van der Waals surface area contributed by atoms with Crippen molar-refractivity contribution in [2.24, 2.45) is 23.2 Å². The zero-order valence-corrected chi connectivity index (χ0v) is 15.2. The number of likely N-dealkylation sites (N-methyl/N-ethyl adjacent to an activating group) is 1. The van der Waals surface area contributed by atoms with Gasteiger partial charge in [0.1, 0.15) is 12.4 Å². The fraction of sp³-hybridized carbons (Fsp3) is 0.636. The molecule has 0 radical (unpaired) electrons. The van der Waals surface area contributed by atoms with Crippen LogP contribution in [0.3, 0.4) is 0 Å². The van der Waals surface area contributed by atoms with Crippen molar-refractivity contribution in [3.8, 4) is 5.75 Å². The van der Waals surface area contributed by atoms with Crippen molar-refractivity contribution in [2.45, 2.75) is 38.5 Å². The molecular formula is C22H31NO. The molecule has 5 rings (SSSR count). The summed E-state index contributed by atoms with van der Waals surface area (Å²) in [7, 11) is 4.17. The molecule has 0 N–H and O–H groups in total. The molecule has 0 amide bonds. The Morgan fingerprint density at radius 3 is 2.29 bits per heavy atom. The summed E-state index contributed by atoms with van der Waals surface area (Å²) < 4.78 is 6.03. The minimum atomic E-state index is 0.492. The highest BCUT2D eigenvalue weighted by Gasteiger charge is 2.49. The van der Waals surface area contributed by atoms with Gasteiger partial charge < -0.3 is 9.64 Å². The van der Waals surface area contributed by atoms with Crippen molar-refractivity contribution >= 4 is 6.08 Å². The molecule has 0 saturated heterocycles. The van der Waals surface area contributed by atoms with Crippen LogP contribution >= 0.6 is 0 Å². The smallest absolute Gasteiger partial charge is 0.126 e. The van der Waals surface area contributed by atoms with Crippen LogP contribution in [0.15, 0.2) is 30.3 Å². The van der Waals surface area contributed by atoms with Crippen molar-refractivity contribution in [1.29, 1.82) is 0 Å². The highest BCUT2D eigenvalue weighted by molar-refractivity contribution is 5.58. The number of nitrogens with zero attached hydrogens (tertiary/aromatic N) is 1. The molecule has 0 aromatic heterocycles. The van der Waals surface area contributed by atoms with Gasteiger partial charge in [0.05, 0.1) is 0 Å². The van der Waals surface area contributed by atoms with Crippen molar-refractivity contribution in [1.82, 2.24) is 4.90 Å². The molecule has 1 aromatic rings. The number of hydrogen-bond acceptors (Lipinski definition) is 2. The van der Waals surface area contributed by atoms with Crippen LogP contribution in [0.25, 0.3) is 6.08 Å². The van der Waals surface area contributed by atoms with E-state index in [4.69, 9.17) is 4.74 Å². The molecule has 1 aromatic carbocycles. The molecular weight excluding hydrogens is 294 g/mol. The average molecular weight is 325 g/mol. The molecule has 0 unspecified atom stereocenters. The molecule has 4 aliphatic carbocycles. The fourth-order valence-electron chi connectivity index (χ4n) is 5.74. The largest absolute Gasteiger partial charge is 0.492 e. The minimum Gasteiger partial charge on any atom is -0.492 e. The van der Waals surface area contributed by atoms with Crippen LogP contribution in [0.1, 0.15) is 44.1 Å². The maximum Gasteiger partial charge on any atom is 0.126 e. The van der Waals surface area contributed by atoms with E-state index >= 15 is 0 Å². The SMILES string of the molecule is CN(C)CCOc1ccccc1/C=C/C12CC3CC(CC(C3)C1)C2. The molecule has 4 fully saturated rings. The predicted molar refractivity (Wildman–Crippen MR) is 100 cm³/mol. The molecule has 4 aliphatic rings. The summed E-state index contributed by atoms with van der Waals surface area (Å²) in [6.45, 7) is 1.70. The highest BCUT2D eigenvalue weighted by atomic mass is 16.5. The quantitative estimate of drug-likeness (QED) is 0.741. The molecule has 130 valence electrons. The van der Waals surface area contributed by atoms with Crippen molar-refractivity contribution in [3.63, 3.8) is 0 Å². The Balaban J connectivity index is 1.48. The van der Waals surface area contributed by atoms with Crippen LogP contribution in [-0.4, -0.2) is 32.1 Å². The topological polar surface area (TPSA) is 12.5 Å². The third-order valence-corrected chi connectivity index (χ3v) is 6.42. The van der Waals surface area contributed by atoms with E-state index in [1.807, 2.05) is 0 Å². The van der Waals surface area contributed by atoms with E-state index in [0.29, 0.717) is 5.41 Å². The Morgan fingerprint density at radius 1 is 1.04 bits per heavy atom. The fourth-order valence-corrected chi connectivity index (χ4v) is 5.74. The van der Waals surface area contributed by atoms with Crippen LogP contribution in [-0.2, 0) is 0 Å². The minimum absolute atomic E-state index is 0.492. The third kappa shape index (κ3) is 3.39. The maximum absolute atomic E-state index is 6.03. The number of para-hydroxylation sites is 1. The van der Waals surface area contributed by atoms with Gasteiger partial charge in [-0.15, -0.1) is 0 Å². The molecule has 0 atom stereocenters. The summed E-state index contributed by atoms with van der Waals surface area (Å²) in [4.78, 5) is 2.16. The maximum atomic E-state index is 6.03. The number of ether oxygens (including phenoxy) is 1. The monoisotopic (exact) mass is 325 g/mol. The number of benzene rings is 1. The van der Waals surface area contributed by atoms with Crippen molar-refractivity contribution in [2.75, 3.05) is 27.2 Å². The van der Waals surface area contributed by atoms with Crippen LogP contribution < -0.4 is 4.74 Å². The van der Waals surface area contributed by atoms with Gasteiger partial charge in [0.2, 0.25) is 0 Å². The van der Waals surface area contributed by atoms with E-state index < -0.39 is 0 Å². The lowest BCUT2D eigenvalue weighted by atomic mass is 9.49. The summed E-state index contributed by atoms with van der Waals surface area (Å²) in [5.74, 6) is 4.05. The second-order valence-corrected chi connectivity index (χ2v) is 8.80. The van der Waals surface area contributed by atoms with Crippen LogP contribution in [0.2, 0.25) is 0 Å². The second kappa shape index (κ2) is 6.55. The summed E-state index contributed by atoms with van der Waals surface area (Å²) >= 11 is 0. The van der Waals surface area contributed by atoms with Crippen LogP contribution in [0.4, 0.5) is 0 Å². The summed E-state index contributed by atoms with van der Waals surface area (Å²) in [6.07, 6.45) is 13.7. The first-order valence-electron chi connectivity index (χ1n) is 9.68. The third-order valence-electron chi connectivity index (χ3n) is 6.42. The highest BCUT2D eigenvalue weighted by Crippen LogP contribution is 2.60. The van der Waals surface area contributed by atoms with Crippen molar-refractivity contribution in [3.05, 3.63) is 35.9 Å². The van der Waals surface area contributed by atoms with Gasteiger partial charge in [-0.3, -0.25) is 0 Å². The first-order valence-corrected chi connectivity index (χ1v) is 9.68. The van der Waals surface area contributed by atoms with Crippen molar-refractivity contribution < 1.29 is 4.74 Å². The Kier molecular flexibility index (Phi) is 4.42. The van der Waals surface area contributed by atoms with E-state index in [-0.39, 0.29) is 0 Å². The van der Waals surface area contributed by atoms with Crippen LogP contribution in [0.5, 0.6) is 5.75 Å². The molecule has 0 heterocycles. The van der Waals surface area contributed by atoms with Gasteiger partial charge in [-0.1, -0.05) is 30.4 Å². The molecule has 24 heavy (non-hydrogen) atoms. The molecule has 4 saturated carbocycles. The van der Waals surface area contributed by atoms with E-state index in [1.54, 1.807) is 0 Å². The standard InChI is InChI=1S/C22H31NO/c1-23(2)9-10-24-21-6-4-3-5-20(21)7-8-22-14-17-11-18(15-22)13-19(12-17)16-22/h3-8,17-19H,9-16H2,1-2H3/b8-7+. The predicted octanol–water partition coefficient (Wildman–Crippen LogP) is 4.86. The van der Waals surface area contributed by atoms with Crippen LogP contribution in [0, 0.1) is 23.2 Å². The molecule has 0 aliphatic heterocycles. The van der Waals surface area contributed by atoms with Gasteiger partial charge in [-0.05, 0) is 81.9 Å². The Bertz CT molecular complexity index is 568. The molecule has 2 heteroatoms.